The van der Waals surface area contributed by atoms with E-state index in [1.54, 1.807) is 34.6 Å². The molecule has 1 aliphatic rings. The van der Waals surface area contributed by atoms with Gasteiger partial charge in [-0.05, 0) is 77.6 Å². The molecule has 1 heterocycles. The fraction of sp³-hybridized carbons (Fsp3) is 0.393. The standard InChI is InChI=1S/C28H34N2O5/c1-17-14-18(2)21(19(3)15-17)22-23(35-25(32)27(4,5)6)28(7,8)30(24(22)31)29-26(33)34-16-20-12-10-9-11-13-20/h9-15H,16H2,1-8H3,(H,29,33). The monoisotopic (exact) mass is 478 g/mol. The quantitative estimate of drug-likeness (QED) is 0.584. The van der Waals surface area contributed by atoms with E-state index in [0.717, 1.165) is 22.3 Å². The summed E-state index contributed by atoms with van der Waals surface area (Å²) in [6.45, 7) is 14.5. The zero-order chi connectivity index (χ0) is 26.1. The first kappa shape index (κ1) is 26.0. The van der Waals surface area contributed by atoms with Gasteiger partial charge in [-0.25, -0.2) is 15.2 Å². The maximum atomic E-state index is 13.8. The van der Waals surface area contributed by atoms with Crippen molar-refractivity contribution in [1.29, 1.82) is 0 Å². The molecule has 0 bridgehead atoms. The molecule has 186 valence electrons. The number of carbonyl (C=O) groups is 3. The van der Waals surface area contributed by atoms with Crippen LogP contribution in [0.2, 0.25) is 0 Å². The van der Waals surface area contributed by atoms with Crippen LogP contribution in [0.3, 0.4) is 0 Å². The van der Waals surface area contributed by atoms with Crippen molar-refractivity contribution < 1.29 is 23.9 Å². The number of hydrogen-bond donors (Lipinski definition) is 1. The second-order valence-electron chi connectivity index (χ2n) is 10.5. The highest BCUT2D eigenvalue weighted by molar-refractivity contribution is 6.24. The SMILES string of the molecule is Cc1cc(C)c(C2=C(OC(=O)C(C)(C)C)C(C)(C)N(NC(=O)OCc3ccccc3)C2=O)c(C)c1. The van der Waals surface area contributed by atoms with Gasteiger partial charge in [-0.3, -0.25) is 9.59 Å². The van der Waals surface area contributed by atoms with Crippen LogP contribution < -0.4 is 5.43 Å². The maximum absolute atomic E-state index is 13.8. The van der Waals surface area contributed by atoms with E-state index in [-0.39, 0.29) is 17.9 Å². The van der Waals surface area contributed by atoms with Gasteiger partial charge >= 0.3 is 12.1 Å². The zero-order valence-electron chi connectivity index (χ0n) is 21.7. The number of hydrazine groups is 1. The van der Waals surface area contributed by atoms with Crippen LogP contribution in [-0.4, -0.2) is 28.5 Å². The largest absolute Gasteiger partial charge is 0.443 e. The summed E-state index contributed by atoms with van der Waals surface area (Å²) in [4.78, 5) is 39.3. The zero-order valence-corrected chi connectivity index (χ0v) is 21.7. The van der Waals surface area contributed by atoms with Gasteiger partial charge in [0.15, 0.2) is 0 Å². The molecule has 0 spiro atoms. The fourth-order valence-electron chi connectivity index (χ4n) is 4.12. The van der Waals surface area contributed by atoms with E-state index in [0.29, 0.717) is 5.56 Å². The Labute approximate surface area is 207 Å². The second kappa shape index (κ2) is 9.56. The highest BCUT2D eigenvalue weighted by Gasteiger charge is 2.50. The Kier molecular flexibility index (Phi) is 7.11. The molecular weight excluding hydrogens is 444 g/mol. The van der Waals surface area contributed by atoms with Gasteiger partial charge in [-0.2, -0.15) is 0 Å². The molecule has 0 unspecified atom stereocenters. The average molecular weight is 479 g/mol. The van der Waals surface area contributed by atoms with Gasteiger partial charge in [0.05, 0.1) is 11.0 Å². The van der Waals surface area contributed by atoms with E-state index >= 15 is 0 Å². The van der Waals surface area contributed by atoms with Crippen molar-refractivity contribution in [2.45, 2.75) is 67.5 Å². The van der Waals surface area contributed by atoms with Gasteiger partial charge in [0, 0.05) is 0 Å². The first-order chi connectivity index (χ1) is 16.2. The number of amides is 2. The smallest absolute Gasteiger partial charge is 0.426 e. The first-order valence-corrected chi connectivity index (χ1v) is 11.6. The van der Waals surface area contributed by atoms with Crippen molar-refractivity contribution in [3.63, 3.8) is 0 Å². The first-order valence-electron chi connectivity index (χ1n) is 11.6. The minimum atomic E-state index is -1.15. The minimum Gasteiger partial charge on any atom is -0.443 e. The summed E-state index contributed by atoms with van der Waals surface area (Å²) in [6, 6.07) is 13.2. The Morgan fingerprint density at radius 1 is 1.00 bits per heavy atom. The Balaban J connectivity index is 1.99. The Hall–Kier alpha value is -3.61. The molecule has 0 saturated heterocycles. The van der Waals surface area contributed by atoms with Crippen LogP contribution >= 0.6 is 0 Å². The molecule has 0 radical (unpaired) electrons. The molecule has 0 saturated carbocycles. The lowest BCUT2D eigenvalue weighted by Gasteiger charge is -2.33. The predicted octanol–water partition coefficient (Wildman–Crippen LogP) is 5.37. The summed E-state index contributed by atoms with van der Waals surface area (Å²) in [6.07, 6.45) is -0.782. The normalized spacial score (nSPS) is 15.3. The lowest BCUT2D eigenvalue weighted by atomic mass is 9.91. The molecule has 0 fully saturated rings. The third-order valence-corrected chi connectivity index (χ3v) is 5.91. The van der Waals surface area contributed by atoms with Crippen molar-refractivity contribution in [3.8, 4) is 0 Å². The van der Waals surface area contributed by atoms with Gasteiger partial charge in [-0.1, -0.05) is 48.0 Å². The highest BCUT2D eigenvalue weighted by atomic mass is 16.6. The number of carbonyl (C=O) groups excluding carboxylic acids is 3. The summed E-state index contributed by atoms with van der Waals surface area (Å²) in [5, 5.41) is 1.18. The van der Waals surface area contributed by atoms with Gasteiger partial charge in [0.25, 0.3) is 5.91 Å². The van der Waals surface area contributed by atoms with E-state index in [4.69, 9.17) is 9.47 Å². The van der Waals surface area contributed by atoms with Crippen molar-refractivity contribution >= 4 is 23.5 Å². The topological polar surface area (TPSA) is 84.9 Å². The molecular formula is C28H34N2O5. The highest BCUT2D eigenvalue weighted by Crippen LogP contribution is 2.42. The number of nitrogens with zero attached hydrogens (tertiary/aromatic N) is 1. The van der Waals surface area contributed by atoms with Gasteiger partial charge < -0.3 is 9.47 Å². The van der Waals surface area contributed by atoms with Crippen LogP contribution in [0, 0.1) is 26.2 Å². The predicted molar refractivity (Wildman–Crippen MR) is 134 cm³/mol. The molecule has 7 nitrogen and oxygen atoms in total. The number of rotatable bonds is 5. The number of nitrogens with one attached hydrogen (secondary N) is 1. The van der Waals surface area contributed by atoms with Crippen LogP contribution in [0.4, 0.5) is 4.79 Å². The van der Waals surface area contributed by atoms with E-state index in [2.05, 4.69) is 5.43 Å². The Bertz CT molecular complexity index is 1170. The molecule has 2 amide bonds. The van der Waals surface area contributed by atoms with Crippen molar-refractivity contribution in [2.75, 3.05) is 0 Å². The molecule has 0 aliphatic carbocycles. The van der Waals surface area contributed by atoms with Crippen molar-refractivity contribution in [3.05, 3.63) is 76.0 Å². The van der Waals surface area contributed by atoms with Crippen LogP contribution in [0.1, 0.15) is 62.4 Å². The van der Waals surface area contributed by atoms with E-state index in [1.807, 2.05) is 63.2 Å². The number of benzene rings is 2. The molecule has 3 rings (SSSR count). The number of hydrogen-bond acceptors (Lipinski definition) is 5. The van der Waals surface area contributed by atoms with Crippen LogP contribution in [0.25, 0.3) is 5.57 Å². The lowest BCUT2D eigenvalue weighted by Crippen LogP contribution is -2.54. The number of esters is 1. The van der Waals surface area contributed by atoms with E-state index in [1.165, 1.54) is 5.01 Å². The van der Waals surface area contributed by atoms with E-state index < -0.39 is 28.9 Å². The average Bonchev–Trinajstić information content (AvgIpc) is 2.92. The summed E-state index contributed by atoms with van der Waals surface area (Å²) >= 11 is 0. The fourth-order valence-corrected chi connectivity index (χ4v) is 4.12. The summed E-state index contributed by atoms with van der Waals surface area (Å²) in [5.74, 6) is -0.749. The van der Waals surface area contributed by atoms with E-state index in [9.17, 15) is 14.4 Å². The third kappa shape index (κ3) is 5.39. The molecule has 0 atom stereocenters. The minimum absolute atomic E-state index is 0.0530. The Morgan fingerprint density at radius 2 is 1.57 bits per heavy atom. The molecule has 0 aromatic heterocycles. The maximum Gasteiger partial charge on any atom is 0.426 e. The third-order valence-electron chi connectivity index (χ3n) is 5.91. The van der Waals surface area contributed by atoms with Crippen molar-refractivity contribution in [1.82, 2.24) is 10.4 Å². The number of aryl methyl sites for hydroxylation is 3. The Morgan fingerprint density at radius 3 is 2.11 bits per heavy atom. The lowest BCUT2D eigenvalue weighted by molar-refractivity contribution is -0.151. The molecule has 1 N–H and O–H groups in total. The van der Waals surface area contributed by atoms with Crippen LogP contribution in [-0.2, 0) is 25.7 Å². The molecule has 1 aliphatic heterocycles. The second-order valence-corrected chi connectivity index (χ2v) is 10.5. The summed E-state index contributed by atoms with van der Waals surface area (Å²) in [5.41, 5.74) is 5.20. The molecule has 2 aromatic rings. The summed E-state index contributed by atoms with van der Waals surface area (Å²) < 4.78 is 11.2. The van der Waals surface area contributed by atoms with Crippen LogP contribution in [0.5, 0.6) is 0 Å². The van der Waals surface area contributed by atoms with Gasteiger partial charge in [-0.15, -0.1) is 0 Å². The number of ether oxygens (including phenoxy) is 2. The van der Waals surface area contributed by atoms with Gasteiger partial charge in [0.1, 0.15) is 17.9 Å². The summed E-state index contributed by atoms with van der Waals surface area (Å²) in [7, 11) is 0. The molecule has 35 heavy (non-hydrogen) atoms. The molecule has 7 heteroatoms. The van der Waals surface area contributed by atoms with Crippen molar-refractivity contribution in [2.24, 2.45) is 5.41 Å². The molecule has 2 aromatic carbocycles. The van der Waals surface area contributed by atoms with Crippen LogP contribution in [0.15, 0.2) is 48.2 Å². The van der Waals surface area contributed by atoms with Gasteiger partial charge in [0.2, 0.25) is 0 Å².